The first-order valence-electron chi connectivity index (χ1n) is 7.40. The number of aliphatic carboxylic acids is 2. The van der Waals surface area contributed by atoms with Crippen molar-refractivity contribution in [2.75, 3.05) is 0 Å². The second kappa shape index (κ2) is 8.33. The smallest absolute Gasteiger partial charge is 0.345 e. The molecule has 0 saturated heterocycles. The first-order chi connectivity index (χ1) is 12.2. The Morgan fingerprint density at radius 1 is 1.15 bits per heavy atom. The molecule has 0 saturated carbocycles. The fraction of sp³-hybridized carbons (Fsp3) is 0.167. The number of hydrogen-bond donors (Lipinski definition) is 2. The maximum atomic E-state index is 12.6. The van der Waals surface area contributed by atoms with Crippen LogP contribution in [-0.4, -0.2) is 34.0 Å². The number of carboxylic acid groups (broad SMARTS) is 2. The van der Waals surface area contributed by atoms with Crippen LogP contribution < -0.4 is 4.74 Å². The fourth-order valence-corrected chi connectivity index (χ4v) is 3.00. The fourth-order valence-electron chi connectivity index (χ4n) is 2.23. The van der Waals surface area contributed by atoms with Gasteiger partial charge in [0.1, 0.15) is 5.75 Å². The Morgan fingerprint density at radius 3 is 2.31 bits per heavy atom. The van der Waals surface area contributed by atoms with Crippen molar-refractivity contribution < 1.29 is 29.3 Å². The number of ether oxygens (including phenoxy) is 1. The normalized spacial score (nSPS) is 11.7. The van der Waals surface area contributed by atoms with E-state index in [9.17, 15) is 14.4 Å². The SMILES string of the molecule is Cc1cc(Br)c(Cl)c(C(=O)c2ccc(O[C@@H](CC(=O)O)C(=O)O)cc2)c1. The van der Waals surface area contributed by atoms with Gasteiger partial charge in [-0.3, -0.25) is 9.59 Å². The molecule has 0 spiro atoms. The molecule has 0 radical (unpaired) electrons. The Labute approximate surface area is 162 Å². The predicted molar refractivity (Wildman–Crippen MR) is 98.1 cm³/mol. The van der Waals surface area contributed by atoms with Gasteiger partial charge in [0.25, 0.3) is 0 Å². The largest absolute Gasteiger partial charge is 0.481 e. The van der Waals surface area contributed by atoms with Crippen molar-refractivity contribution >= 4 is 45.3 Å². The summed E-state index contributed by atoms with van der Waals surface area (Å²) in [6.07, 6.45) is -2.20. The van der Waals surface area contributed by atoms with Crippen LogP contribution in [0.15, 0.2) is 40.9 Å². The summed E-state index contributed by atoms with van der Waals surface area (Å²) in [4.78, 5) is 34.4. The predicted octanol–water partition coefficient (Wildman–Crippen LogP) is 3.95. The third-order valence-electron chi connectivity index (χ3n) is 3.45. The summed E-state index contributed by atoms with van der Waals surface area (Å²) in [6, 6.07) is 9.21. The lowest BCUT2D eigenvalue weighted by atomic mass is 10.0. The van der Waals surface area contributed by atoms with Crippen LogP contribution in [-0.2, 0) is 9.59 Å². The quantitative estimate of drug-likeness (QED) is 0.631. The molecule has 0 aliphatic rings. The van der Waals surface area contributed by atoms with E-state index >= 15 is 0 Å². The summed E-state index contributed by atoms with van der Waals surface area (Å²) >= 11 is 9.48. The molecule has 0 amide bonds. The molecule has 26 heavy (non-hydrogen) atoms. The van der Waals surface area contributed by atoms with Crippen LogP contribution in [0.4, 0.5) is 0 Å². The molecule has 2 aromatic carbocycles. The van der Waals surface area contributed by atoms with Gasteiger partial charge in [-0.2, -0.15) is 0 Å². The van der Waals surface area contributed by atoms with Crippen molar-refractivity contribution in [3.63, 3.8) is 0 Å². The second-order valence-electron chi connectivity index (χ2n) is 5.50. The number of aryl methyl sites for hydroxylation is 1. The van der Waals surface area contributed by atoms with Crippen LogP contribution in [0.25, 0.3) is 0 Å². The van der Waals surface area contributed by atoms with Crippen LogP contribution in [0.3, 0.4) is 0 Å². The van der Waals surface area contributed by atoms with Gasteiger partial charge in [0.15, 0.2) is 5.78 Å². The lowest BCUT2D eigenvalue weighted by molar-refractivity contribution is -0.151. The highest BCUT2D eigenvalue weighted by Crippen LogP contribution is 2.30. The minimum absolute atomic E-state index is 0.145. The van der Waals surface area contributed by atoms with E-state index in [0.717, 1.165) is 5.56 Å². The minimum Gasteiger partial charge on any atom is -0.481 e. The molecule has 0 aromatic heterocycles. The van der Waals surface area contributed by atoms with E-state index in [1.807, 2.05) is 6.92 Å². The standard InChI is InChI=1S/C18H14BrClO6/c1-9-6-12(16(20)13(19)7-9)17(23)10-2-4-11(5-3-10)26-14(18(24)25)8-15(21)22/h2-7,14H,8H2,1H3,(H,21,22)(H,24,25)/t14-/m0/s1. The molecule has 0 heterocycles. The van der Waals surface area contributed by atoms with E-state index in [4.69, 9.17) is 26.6 Å². The Morgan fingerprint density at radius 2 is 1.77 bits per heavy atom. The molecule has 2 N–H and O–H groups in total. The van der Waals surface area contributed by atoms with E-state index < -0.39 is 24.5 Å². The topological polar surface area (TPSA) is 101 Å². The molecule has 2 rings (SSSR count). The first kappa shape index (κ1) is 19.9. The van der Waals surface area contributed by atoms with E-state index in [2.05, 4.69) is 15.9 Å². The highest BCUT2D eigenvalue weighted by molar-refractivity contribution is 9.10. The van der Waals surface area contributed by atoms with Crippen LogP contribution in [0.1, 0.15) is 27.9 Å². The number of rotatable bonds is 7. The summed E-state index contributed by atoms with van der Waals surface area (Å²) in [5.41, 5.74) is 1.53. The Kier molecular flexibility index (Phi) is 6.39. The molecule has 0 aliphatic carbocycles. The maximum Gasteiger partial charge on any atom is 0.345 e. The number of carboxylic acids is 2. The summed E-state index contributed by atoms with van der Waals surface area (Å²) in [7, 11) is 0. The Balaban J connectivity index is 2.23. The molecule has 8 heteroatoms. The highest BCUT2D eigenvalue weighted by Gasteiger charge is 2.23. The van der Waals surface area contributed by atoms with Crippen molar-refractivity contribution in [1.29, 1.82) is 0 Å². The van der Waals surface area contributed by atoms with Crippen molar-refractivity contribution in [3.8, 4) is 5.75 Å². The zero-order valence-electron chi connectivity index (χ0n) is 13.5. The molecule has 6 nitrogen and oxygen atoms in total. The molecule has 2 aromatic rings. The number of carbonyl (C=O) groups excluding carboxylic acids is 1. The third kappa shape index (κ3) is 4.83. The second-order valence-corrected chi connectivity index (χ2v) is 6.74. The molecule has 0 bridgehead atoms. The molecule has 0 fully saturated rings. The minimum atomic E-state index is -1.52. The van der Waals surface area contributed by atoms with Gasteiger partial charge in [-0.1, -0.05) is 11.6 Å². The van der Waals surface area contributed by atoms with Crippen molar-refractivity contribution in [2.24, 2.45) is 0 Å². The average Bonchev–Trinajstić information content (AvgIpc) is 2.57. The first-order valence-corrected chi connectivity index (χ1v) is 8.57. The van der Waals surface area contributed by atoms with Crippen LogP contribution in [0.5, 0.6) is 5.75 Å². The van der Waals surface area contributed by atoms with Crippen molar-refractivity contribution in [2.45, 2.75) is 19.4 Å². The summed E-state index contributed by atoms with van der Waals surface area (Å²) < 4.78 is 5.78. The molecule has 1 atom stereocenters. The van der Waals surface area contributed by atoms with Gasteiger partial charge in [0, 0.05) is 15.6 Å². The lowest BCUT2D eigenvalue weighted by Crippen LogP contribution is -2.29. The van der Waals surface area contributed by atoms with Gasteiger partial charge in [-0.15, -0.1) is 0 Å². The van der Waals surface area contributed by atoms with Crippen molar-refractivity contribution in [1.82, 2.24) is 0 Å². The van der Waals surface area contributed by atoms with Gasteiger partial charge in [0.2, 0.25) is 6.10 Å². The van der Waals surface area contributed by atoms with E-state index in [1.165, 1.54) is 24.3 Å². The van der Waals surface area contributed by atoms with E-state index in [-0.39, 0.29) is 11.5 Å². The van der Waals surface area contributed by atoms with E-state index in [1.54, 1.807) is 12.1 Å². The number of ketones is 1. The van der Waals surface area contributed by atoms with Crippen LogP contribution in [0, 0.1) is 6.92 Å². The molecular formula is C18H14BrClO6. The number of benzene rings is 2. The Hall–Kier alpha value is -2.38. The summed E-state index contributed by atoms with van der Waals surface area (Å²) in [5.74, 6) is -2.83. The van der Waals surface area contributed by atoms with Gasteiger partial charge in [-0.05, 0) is 64.8 Å². The lowest BCUT2D eigenvalue weighted by Gasteiger charge is -2.13. The zero-order chi connectivity index (χ0) is 19.4. The van der Waals surface area contributed by atoms with Crippen LogP contribution in [0.2, 0.25) is 5.02 Å². The number of hydrogen-bond acceptors (Lipinski definition) is 4. The molecule has 0 aliphatic heterocycles. The Bertz CT molecular complexity index is 863. The maximum absolute atomic E-state index is 12.6. The van der Waals surface area contributed by atoms with Gasteiger partial charge >= 0.3 is 11.9 Å². The third-order valence-corrected chi connectivity index (χ3v) is 4.71. The summed E-state index contributed by atoms with van der Waals surface area (Å²) in [5, 5.41) is 18.0. The monoisotopic (exact) mass is 440 g/mol. The van der Waals surface area contributed by atoms with Crippen molar-refractivity contribution in [3.05, 3.63) is 62.6 Å². The van der Waals surface area contributed by atoms with E-state index in [0.29, 0.717) is 20.6 Å². The molecule has 0 unspecified atom stereocenters. The van der Waals surface area contributed by atoms with Crippen LogP contribution >= 0.6 is 27.5 Å². The highest BCUT2D eigenvalue weighted by atomic mass is 79.9. The number of halogens is 2. The van der Waals surface area contributed by atoms with Gasteiger partial charge in [0.05, 0.1) is 11.4 Å². The summed E-state index contributed by atoms with van der Waals surface area (Å²) in [6.45, 7) is 1.84. The average molecular weight is 442 g/mol. The number of carbonyl (C=O) groups is 3. The molecule has 136 valence electrons. The zero-order valence-corrected chi connectivity index (χ0v) is 15.9. The molecular weight excluding hydrogens is 428 g/mol. The van der Waals surface area contributed by atoms with Gasteiger partial charge in [-0.25, -0.2) is 4.79 Å². The van der Waals surface area contributed by atoms with Gasteiger partial charge < -0.3 is 14.9 Å².